The van der Waals surface area contributed by atoms with Crippen molar-refractivity contribution in [1.29, 1.82) is 0 Å². The summed E-state index contributed by atoms with van der Waals surface area (Å²) in [5, 5.41) is 3.30. The quantitative estimate of drug-likeness (QED) is 0.673. The van der Waals surface area contributed by atoms with E-state index in [-0.39, 0.29) is 24.1 Å². The van der Waals surface area contributed by atoms with Crippen LogP contribution in [-0.2, 0) is 9.53 Å². The van der Waals surface area contributed by atoms with E-state index in [0.717, 1.165) is 22.4 Å². The minimum Gasteiger partial charge on any atom is -0.466 e. The third-order valence-corrected chi connectivity index (χ3v) is 3.99. The zero-order valence-corrected chi connectivity index (χ0v) is 14.3. The van der Waals surface area contributed by atoms with E-state index < -0.39 is 0 Å². The summed E-state index contributed by atoms with van der Waals surface area (Å²) in [5.74, 6) is -0.307. The van der Waals surface area contributed by atoms with Gasteiger partial charge in [0.05, 0.1) is 24.1 Å². The molecule has 0 aliphatic rings. The lowest BCUT2D eigenvalue weighted by Gasteiger charge is -2.13. The summed E-state index contributed by atoms with van der Waals surface area (Å²) in [7, 11) is 0. The molecule has 0 bridgehead atoms. The number of carbonyl (C=O) groups excluding carboxylic acids is 1. The molecule has 0 spiro atoms. The maximum atomic E-state index is 12.3. The molecule has 0 radical (unpaired) electrons. The summed E-state index contributed by atoms with van der Waals surface area (Å²) >= 11 is 0. The van der Waals surface area contributed by atoms with E-state index in [1.165, 1.54) is 0 Å². The molecule has 1 atom stereocenters. The van der Waals surface area contributed by atoms with Gasteiger partial charge in [-0.05, 0) is 44.2 Å². The van der Waals surface area contributed by atoms with Crippen LogP contribution in [0.25, 0.3) is 11.0 Å². The highest BCUT2D eigenvalue weighted by atomic mass is 16.5. The third kappa shape index (κ3) is 3.74. The lowest BCUT2D eigenvalue weighted by Crippen LogP contribution is -2.23. The van der Waals surface area contributed by atoms with Gasteiger partial charge in [0.15, 0.2) is 0 Å². The Balaban J connectivity index is 1.88. The van der Waals surface area contributed by atoms with Crippen LogP contribution in [0.5, 0.6) is 0 Å². The number of rotatable bonds is 6. The van der Waals surface area contributed by atoms with Gasteiger partial charge in [0.1, 0.15) is 0 Å². The monoisotopic (exact) mass is 339 g/mol. The Bertz CT molecular complexity index is 928. The predicted molar refractivity (Wildman–Crippen MR) is 98.2 cm³/mol. The van der Waals surface area contributed by atoms with Gasteiger partial charge < -0.3 is 15.0 Å². The summed E-state index contributed by atoms with van der Waals surface area (Å²) in [4.78, 5) is 26.9. The number of para-hydroxylation sites is 1. The molecule has 25 heavy (non-hydrogen) atoms. The average Bonchev–Trinajstić information content (AvgIpc) is 2.91. The number of fused-ring (bicyclic) bond motifs is 1. The van der Waals surface area contributed by atoms with E-state index in [0.29, 0.717) is 6.61 Å². The number of nitrogens with one attached hydrogen (secondary N) is 2. The molecule has 1 aromatic heterocycles. The van der Waals surface area contributed by atoms with E-state index in [1.807, 2.05) is 55.5 Å². The molecule has 3 aromatic rings. The first-order chi connectivity index (χ1) is 12.1. The van der Waals surface area contributed by atoms with E-state index in [1.54, 1.807) is 11.5 Å². The number of carbonyl (C=O) groups is 1. The Kier molecular flexibility index (Phi) is 4.88. The molecule has 130 valence electrons. The van der Waals surface area contributed by atoms with Crippen molar-refractivity contribution in [1.82, 2.24) is 9.55 Å². The summed E-state index contributed by atoms with van der Waals surface area (Å²) in [6.07, 6.45) is 0.157. The number of imidazole rings is 1. The Labute approximate surface area is 145 Å². The number of aromatic amines is 1. The Morgan fingerprint density at radius 2 is 1.96 bits per heavy atom. The minimum atomic E-state index is -0.307. The molecule has 0 aliphatic heterocycles. The zero-order valence-electron chi connectivity index (χ0n) is 14.3. The van der Waals surface area contributed by atoms with Gasteiger partial charge in [-0.2, -0.15) is 0 Å². The maximum Gasteiger partial charge on any atom is 0.326 e. The first-order valence-electron chi connectivity index (χ1n) is 8.30. The van der Waals surface area contributed by atoms with Gasteiger partial charge in [-0.3, -0.25) is 9.36 Å². The number of ether oxygens (including phenoxy) is 1. The van der Waals surface area contributed by atoms with Crippen molar-refractivity contribution in [3.8, 4) is 0 Å². The van der Waals surface area contributed by atoms with Crippen molar-refractivity contribution in [3.63, 3.8) is 0 Å². The first kappa shape index (κ1) is 16.8. The number of H-pyrrole nitrogens is 1. The van der Waals surface area contributed by atoms with Crippen LogP contribution in [-0.4, -0.2) is 22.1 Å². The van der Waals surface area contributed by atoms with Crippen molar-refractivity contribution >= 4 is 28.4 Å². The van der Waals surface area contributed by atoms with Crippen LogP contribution >= 0.6 is 0 Å². The van der Waals surface area contributed by atoms with Crippen LogP contribution in [0, 0.1) is 0 Å². The molecule has 0 saturated carbocycles. The second-order valence-corrected chi connectivity index (χ2v) is 5.88. The fourth-order valence-corrected chi connectivity index (χ4v) is 2.89. The summed E-state index contributed by atoms with van der Waals surface area (Å²) < 4.78 is 6.57. The largest absolute Gasteiger partial charge is 0.466 e. The van der Waals surface area contributed by atoms with Gasteiger partial charge in [0.2, 0.25) is 0 Å². The normalized spacial score (nSPS) is 12.1. The molecule has 0 saturated heterocycles. The van der Waals surface area contributed by atoms with Crippen molar-refractivity contribution in [2.45, 2.75) is 26.3 Å². The fourth-order valence-electron chi connectivity index (χ4n) is 2.89. The number of hydrogen-bond donors (Lipinski definition) is 2. The average molecular weight is 339 g/mol. The van der Waals surface area contributed by atoms with Gasteiger partial charge in [-0.15, -0.1) is 0 Å². The van der Waals surface area contributed by atoms with Gasteiger partial charge in [-0.25, -0.2) is 4.79 Å². The molecule has 1 unspecified atom stereocenters. The Hall–Kier alpha value is -3.02. The SMILES string of the molecule is CCOC(=O)CC(C)n1c(=O)[nH]c2cc(Nc3ccccc3)ccc21. The standard InChI is InChI=1S/C19H21N3O3/c1-3-25-18(23)11-13(2)22-17-10-9-15(12-16(17)21-19(22)24)20-14-7-5-4-6-8-14/h4-10,12-13,20H,3,11H2,1-2H3,(H,21,24). The molecule has 3 rings (SSSR count). The molecule has 0 aliphatic carbocycles. The van der Waals surface area contributed by atoms with Crippen molar-refractivity contribution in [2.75, 3.05) is 11.9 Å². The predicted octanol–water partition coefficient (Wildman–Crippen LogP) is 3.59. The van der Waals surface area contributed by atoms with Crippen LogP contribution in [0.3, 0.4) is 0 Å². The highest BCUT2D eigenvalue weighted by Crippen LogP contribution is 2.23. The zero-order chi connectivity index (χ0) is 17.8. The van der Waals surface area contributed by atoms with Crippen molar-refractivity contribution < 1.29 is 9.53 Å². The number of aromatic nitrogens is 2. The lowest BCUT2D eigenvalue weighted by molar-refractivity contribution is -0.143. The molecular weight excluding hydrogens is 318 g/mol. The van der Waals surface area contributed by atoms with E-state index in [2.05, 4.69) is 10.3 Å². The lowest BCUT2D eigenvalue weighted by atomic mass is 10.2. The van der Waals surface area contributed by atoms with Crippen molar-refractivity contribution in [2.24, 2.45) is 0 Å². The molecular formula is C19H21N3O3. The topological polar surface area (TPSA) is 76.1 Å². The smallest absolute Gasteiger partial charge is 0.326 e. The molecule has 6 nitrogen and oxygen atoms in total. The Morgan fingerprint density at radius 1 is 1.20 bits per heavy atom. The molecule has 0 fully saturated rings. The summed E-state index contributed by atoms with van der Waals surface area (Å²) in [6.45, 7) is 3.94. The van der Waals surface area contributed by atoms with Gasteiger partial charge in [-0.1, -0.05) is 18.2 Å². The third-order valence-electron chi connectivity index (χ3n) is 3.99. The number of esters is 1. The second-order valence-electron chi connectivity index (χ2n) is 5.88. The summed E-state index contributed by atoms with van der Waals surface area (Å²) in [6, 6.07) is 15.2. The number of anilines is 2. The second kappa shape index (κ2) is 7.25. The molecule has 1 heterocycles. The maximum absolute atomic E-state index is 12.3. The van der Waals surface area contributed by atoms with Crippen LogP contribution in [0.1, 0.15) is 26.3 Å². The highest BCUT2D eigenvalue weighted by molar-refractivity contribution is 5.81. The molecule has 0 amide bonds. The highest BCUT2D eigenvalue weighted by Gasteiger charge is 2.17. The van der Waals surface area contributed by atoms with E-state index >= 15 is 0 Å². The van der Waals surface area contributed by atoms with Crippen LogP contribution < -0.4 is 11.0 Å². The first-order valence-corrected chi connectivity index (χ1v) is 8.30. The van der Waals surface area contributed by atoms with Crippen LogP contribution in [0.2, 0.25) is 0 Å². The minimum absolute atomic E-state index is 0.157. The van der Waals surface area contributed by atoms with Gasteiger partial charge in [0, 0.05) is 17.4 Å². The fraction of sp³-hybridized carbons (Fsp3) is 0.263. The number of hydrogen-bond acceptors (Lipinski definition) is 4. The van der Waals surface area contributed by atoms with Crippen molar-refractivity contribution in [3.05, 3.63) is 59.0 Å². The van der Waals surface area contributed by atoms with Crippen LogP contribution in [0.4, 0.5) is 11.4 Å². The molecule has 6 heteroatoms. The summed E-state index contributed by atoms with van der Waals surface area (Å²) in [5.41, 5.74) is 3.11. The van der Waals surface area contributed by atoms with Gasteiger partial charge in [0.25, 0.3) is 0 Å². The molecule has 2 N–H and O–H groups in total. The van der Waals surface area contributed by atoms with Crippen LogP contribution in [0.15, 0.2) is 53.3 Å². The van der Waals surface area contributed by atoms with E-state index in [4.69, 9.17) is 4.74 Å². The Morgan fingerprint density at radius 3 is 2.68 bits per heavy atom. The number of nitrogens with zero attached hydrogens (tertiary/aromatic N) is 1. The van der Waals surface area contributed by atoms with Gasteiger partial charge >= 0.3 is 11.7 Å². The molecule has 2 aromatic carbocycles. The number of benzene rings is 2. The van der Waals surface area contributed by atoms with E-state index in [9.17, 15) is 9.59 Å².